The van der Waals surface area contributed by atoms with Gasteiger partial charge >= 0.3 is 6.03 Å². The fraction of sp³-hybridized carbons (Fsp3) is 0.385. The van der Waals surface area contributed by atoms with Crippen molar-refractivity contribution < 1.29 is 9.59 Å². The molecule has 1 aliphatic rings. The van der Waals surface area contributed by atoms with Gasteiger partial charge in [-0.05, 0) is 39.0 Å². The van der Waals surface area contributed by atoms with Crippen molar-refractivity contribution in [3.63, 3.8) is 0 Å². The van der Waals surface area contributed by atoms with Crippen LogP contribution in [0.15, 0.2) is 18.2 Å². The van der Waals surface area contributed by atoms with Crippen LogP contribution in [0, 0.1) is 0 Å². The first kappa shape index (κ1) is 14.2. The molecule has 1 aromatic rings. The standard InChI is InChI=1S/C13H14Cl2N2O2/c1-4-16-12(19)17(11(18)13(16,2)3)10-6-8(14)5-9(15)7-10/h5-7H,4H2,1-3H3. The van der Waals surface area contributed by atoms with Crippen LogP contribution < -0.4 is 4.90 Å². The van der Waals surface area contributed by atoms with E-state index in [4.69, 9.17) is 23.2 Å². The van der Waals surface area contributed by atoms with E-state index in [9.17, 15) is 9.59 Å². The number of hydrogen-bond donors (Lipinski definition) is 0. The second-order valence-electron chi connectivity index (χ2n) is 4.85. The maximum atomic E-state index is 12.4. The number of imide groups is 1. The highest BCUT2D eigenvalue weighted by Gasteiger charge is 2.51. The van der Waals surface area contributed by atoms with Gasteiger partial charge in [-0.2, -0.15) is 0 Å². The molecule has 0 N–H and O–H groups in total. The first-order valence-corrected chi connectivity index (χ1v) is 6.67. The van der Waals surface area contributed by atoms with Gasteiger partial charge in [-0.1, -0.05) is 23.2 Å². The van der Waals surface area contributed by atoms with Crippen LogP contribution >= 0.6 is 23.2 Å². The summed E-state index contributed by atoms with van der Waals surface area (Å²) in [6, 6.07) is 4.31. The number of rotatable bonds is 2. The molecule has 0 saturated carbocycles. The number of nitrogens with zero attached hydrogens (tertiary/aromatic N) is 2. The molecule has 3 amide bonds. The zero-order valence-corrected chi connectivity index (χ0v) is 12.4. The third kappa shape index (κ3) is 2.19. The first-order chi connectivity index (χ1) is 8.78. The average Bonchev–Trinajstić information content (AvgIpc) is 2.44. The normalized spacial score (nSPS) is 18.4. The minimum Gasteiger partial charge on any atom is -0.310 e. The summed E-state index contributed by atoms with van der Waals surface area (Å²) in [5.41, 5.74) is -0.461. The summed E-state index contributed by atoms with van der Waals surface area (Å²) in [4.78, 5) is 27.4. The molecular formula is C13H14Cl2N2O2. The van der Waals surface area contributed by atoms with E-state index in [0.29, 0.717) is 22.3 Å². The summed E-state index contributed by atoms with van der Waals surface area (Å²) < 4.78 is 0. The van der Waals surface area contributed by atoms with Crippen LogP contribution in [0.25, 0.3) is 0 Å². The third-order valence-corrected chi connectivity index (χ3v) is 3.68. The van der Waals surface area contributed by atoms with E-state index in [1.807, 2.05) is 6.92 Å². The Hall–Kier alpha value is -1.26. The maximum Gasteiger partial charge on any atom is 0.332 e. The van der Waals surface area contributed by atoms with Crippen molar-refractivity contribution in [2.45, 2.75) is 26.3 Å². The highest BCUT2D eigenvalue weighted by atomic mass is 35.5. The van der Waals surface area contributed by atoms with Crippen LogP contribution in [-0.2, 0) is 4.79 Å². The number of anilines is 1. The van der Waals surface area contributed by atoms with Gasteiger partial charge in [0.1, 0.15) is 5.54 Å². The number of amides is 3. The lowest BCUT2D eigenvalue weighted by Gasteiger charge is -2.25. The van der Waals surface area contributed by atoms with Crippen molar-refractivity contribution in [2.75, 3.05) is 11.4 Å². The van der Waals surface area contributed by atoms with Gasteiger partial charge in [0, 0.05) is 16.6 Å². The molecule has 1 fully saturated rings. The van der Waals surface area contributed by atoms with E-state index in [-0.39, 0.29) is 11.9 Å². The Kier molecular flexibility index (Phi) is 3.49. The van der Waals surface area contributed by atoms with E-state index >= 15 is 0 Å². The molecule has 1 aliphatic heterocycles. The number of hydrogen-bond acceptors (Lipinski definition) is 2. The predicted molar refractivity (Wildman–Crippen MR) is 75.8 cm³/mol. The Morgan fingerprint density at radius 3 is 2.05 bits per heavy atom. The minimum absolute atomic E-state index is 0.280. The number of halogens is 2. The molecule has 1 heterocycles. The molecule has 4 nitrogen and oxygen atoms in total. The van der Waals surface area contributed by atoms with Crippen molar-refractivity contribution in [1.29, 1.82) is 0 Å². The molecule has 0 spiro atoms. The Balaban J connectivity index is 2.51. The summed E-state index contributed by atoms with van der Waals surface area (Å²) in [7, 11) is 0. The van der Waals surface area contributed by atoms with Crippen molar-refractivity contribution >= 4 is 40.8 Å². The molecule has 6 heteroatoms. The molecule has 0 aromatic heterocycles. The predicted octanol–water partition coefficient (Wildman–Crippen LogP) is 3.56. The quantitative estimate of drug-likeness (QED) is 0.784. The molecule has 19 heavy (non-hydrogen) atoms. The Morgan fingerprint density at radius 2 is 1.63 bits per heavy atom. The van der Waals surface area contributed by atoms with Crippen LogP contribution in [0.4, 0.5) is 10.5 Å². The zero-order chi connectivity index (χ0) is 14.4. The maximum absolute atomic E-state index is 12.4. The van der Waals surface area contributed by atoms with E-state index in [0.717, 1.165) is 4.90 Å². The van der Waals surface area contributed by atoms with Crippen molar-refractivity contribution in [3.05, 3.63) is 28.2 Å². The number of carbonyl (C=O) groups is 2. The minimum atomic E-state index is -0.860. The smallest absolute Gasteiger partial charge is 0.310 e. The summed E-state index contributed by atoms with van der Waals surface area (Å²) in [5.74, 6) is -0.280. The molecule has 102 valence electrons. The summed E-state index contributed by atoms with van der Waals surface area (Å²) in [6.45, 7) is 5.75. The summed E-state index contributed by atoms with van der Waals surface area (Å²) in [6.07, 6.45) is 0. The number of benzene rings is 1. The largest absolute Gasteiger partial charge is 0.332 e. The average molecular weight is 301 g/mol. The molecular weight excluding hydrogens is 287 g/mol. The Morgan fingerprint density at radius 1 is 1.11 bits per heavy atom. The third-order valence-electron chi connectivity index (χ3n) is 3.25. The van der Waals surface area contributed by atoms with Gasteiger partial charge in [0.15, 0.2) is 0 Å². The van der Waals surface area contributed by atoms with E-state index < -0.39 is 5.54 Å². The Labute approximate surface area is 121 Å². The number of carbonyl (C=O) groups excluding carboxylic acids is 2. The molecule has 0 atom stereocenters. The lowest BCUT2D eigenvalue weighted by Crippen LogP contribution is -2.43. The van der Waals surface area contributed by atoms with E-state index in [1.54, 1.807) is 32.0 Å². The molecule has 1 saturated heterocycles. The monoisotopic (exact) mass is 300 g/mol. The van der Waals surface area contributed by atoms with Gasteiger partial charge in [-0.25, -0.2) is 9.69 Å². The van der Waals surface area contributed by atoms with Crippen LogP contribution in [0.3, 0.4) is 0 Å². The van der Waals surface area contributed by atoms with E-state index in [1.165, 1.54) is 4.90 Å². The van der Waals surface area contributed by atoms with Gasteiger partial charge in [-0.15, -0.1) is 0 Å². The lowest BCUT2D eigenvalue weighted by molar-refractivity contribution is -0.123. The van der Waals surface area contributed by atoms with Gasteiger partial charge < -0.3 is 4.90 Å². The van der Waals surface area contributed by atoms with Gasteiger partial charge in [0.25, 0.3) is 5.91 Å². The first-order valence-electron chi connectivity index (χ1n) is 5.91. The molecule has 2 rings (SSSR count). The van der Waals surface area contributed by atoms with Crippen molar-refractivity contribution in [3.8, 4) is 0 Å². The van der Waals surface area contributed by atoms with E-state index in [2.05, 4.69) is 0 Å². The van der Waals surface area contributed by atoms with Crippen LogP contribution in [0.1, 0.15) is 20.8 Å². The summed E-state index contributed by atoms with van der Waals surface area (Å²) in [5, 5.41) is 0.770. The molecule has 0 radical (unpaired) electrons. The highest BCUT2D eigenvalue weighted by molar-refractivity contribution is 6.35. The zero-order valence-electron chi connectivity index (χ0n) is 10.9. The number of likely N-dealkylation sites (N-methyl/N-ethyl adjacent to an activating group) is 1. The van der Waals surface area contributed by atoms with Crippen LogP contribution in [0.5, 0.6) is 0 Å². The second kappa shape index (κ2) is 4.69. The van der Waals surface area contributed by atoms with Crippen molar-refractivity contribution in [2.24, 2.45) is 0 Å². The topological polar surface area (TPSA) is 40.6 Å². The Bertz CT molecular complexity index is 537. The highest BCUT2D eigenvalue weighted by Crippen LogP contribution is 2.34. The molecule has 0 bridgehead atoms. The summed E-state index contributed by atoms with van der Waals surface area (Å²) >= 11 is 11.8. The van der Waals surface area contributed by atoms with Crippen LogP contribution in [0.2, 0.25) is 10.0 Å². The SMILES string of the molecule is CCN1C(=O)N(c2cc(Cl)cc(Cl)c2)C(=O)C1(C)C. The molecule has 1 aromatic carbocycles. The molecule has 0 aliphatic carbocycles. The fourth-order valence-electron chi connectivity index (χ4n) is 2.26. The van der Waals surface area contributed by atoms with Gasteiger partial charge in [0.05, 0.1) is 5.69 Å². The van der Waals surface area contributed by atoms with Crippen LogP contribution in [-0.4, -0.2) is 28.9 Å². The lowest BCUT2D eigenvalue weighted by atomic mass is 10.0. The van der Waals surface area contributed by atoms with Gasteiger partial charge in [-0.3, -0.25) is 4.79 Å². The van der Waals surface area contributed by atoms with Crippen molar-refractivity contribution in [1.82, 2.24) is 4.90 Å². The van der Waals surface area contributed by atoms with Gasteiger partial charge in [0.2, 0.25) is 0 Å². The molecule has 0 unspecified atom stereocenters. The number of urea groups is 1. The second-order valence-corrected chi connectivity index (χ2v) is 5.73. The fourth-order valence-corrected chi connectivity index (χ4v) is 2.78.